The first kappa shape index (κ1) is 28.6. The van der Waals surface area contributed by atoms with Gasteiger partial charge in [0.1, 0.15) is 14.8 Å². The van der Waals surface area contributed by atoms with Crippen LogP contribution in [0.15, 0.2) is 45.1 Å². The van der Waals surface area contributed by atoms with Crippen molar-refractivity contribution >= 4 is 27.2 Å². The van der Waals surface area contributed by atoms with Crippen molar-refractivity contribution in [1.29, 1.82) is 0 Å². The fourth-order valence-electron chi connectivity index (χ4n) is 4.72. The quantitative estimate of drug-likeness (QED) is 0.381. The summed E-state index contributed by atoms with van der Waals surface area (Å²) < 4.78 is 23.0. The number of fused-ring (bicyclic) bond motifs is 1. The van der Waals surface area contributed by atoms with E-state index in [1.807, 2.05) is 0 Å². The van der Waals surface area contributed by atoms with Crippen LogP contribution in [0.3, 0.4) is 0 Å². The van der Waals surface area contributed by atoms with E-state index in [0.29, 0.717) is 11.6 Å². The highest BCUT2D eigenvalue weighted by atomic mass is 32.2. The van der Waals surface area contributed by atoms with E-state index < -0.39 is 21.4 Å². The monoisotopic (exact) mass is 555 g/mol. The van der Waals surface area contributed by atoms with Gasteiger partial charge in [-0.15, -0.1) is 15.7 Å². The Kier molecular flexibility index (Phi) is 8.26. The van der Waals surface area contributed by atoms with Gasteiger partial charge < -0.3 is 9.84 Å². The summed E-state index contributed by atoms with van der Waals surface area (Å²) in [6, 6.07) is 10.9. The molecule has 2 heterocycles. The molecule has 1 aliphatic rings. The number of amides is 1. The van der Waals surface area contributed by atoms with Crippen LogP contribution in [-0.4, -0.2) is 26.8 Å². The maximum atomic E-state index is 13.2. The zero-order chi connectivity index (χ0) is 27.8. The lowest BCUT2D eigenvalue weighted by Gasteiger charge is -2.22. The fraction of sp³-hybridized carbons (Fsp3) is 0.448. The van der Waals surface area contributed by atoms with Gasteiger partial charge in [0.15, 0.2) is 9.92 Å². The molecule has 1 atom stereocenters. The highest BCUT2D eigenvalue weighted by Crippen LogP contribution is 2.35. The van der Waals surface area contributed by atoms with Crippen LogP contribution in [0, 0.1) is 0 Å². The topological polar surface area (TPSA) is 115 Å². The Morgan fingerprint density at radius 2 is 1.79 bits per heavy atom. The van der Waals surface area contributed by atoms with E-state index >= 15 is 0 Å². The SMILES string of the molecule is CC(C)c1cc(-c2ccc3c(c2)COCC3)cc(C(C)C)c1CC(=O)N=S(N)(=O)c1cnc(C(C)(C)O)s1. The molecule has 7 nitrogen and oxygen atoms in total. The number of nitrogens with two attached hydrogens (primary N) is 1. The van der Waals surface area contributed by atoms with Crippen LogP contribution in [-0.2, 0) is 44.5 Å². The normalized spacial score (nSPS) is 15.4. The molecule has 4 rings (SSSR count). The highest BCUT2D eigenvalue weighted by molar-refractivity contribution is 7.93. The third-order valence-electron chi connectivity index (χ3n) is 6.74. The molecule has 0 saturated heterocycles. The van der Waals surface area contributed by atoms with Crippen molar-refractivity contribution in [1.82, 2.24) is 4.98 Å². The molecule has 1 amide bonds. The van der Waals surface area contributed by atoms with E-state index in [0.717, 1.165) is 52.2 Å². The molecule has 0 spiro atoms. The Balaban J connectivity index is 1.72. The Morgan fingerprint density at radius 1 is 1.13 bits per heavy atom. The highest BCUT2D eigenvalue weighted by Gasteiger charge is 2.24. The first-order chi connectivity index (χ1) is 17.8. The molecule has 2 aromatic carbocycles. The van der Waals surface area contributed by atoms with E-state index in [1.54, 1.807) is 13.8 Å². The van der Waals surface area contributed by atoms with E-state index in [2.05, 4.69) is 67.4 Å². The number of nitrogens with zero attached hydrogens (tertiary/aromatic N) is 2. The van der Waals surface area contributed by atoms with Gasteiger partial charge in [-0.3, -0.25) is 4.79 Å². The van der Waals surface area contributed by atoms with E-state index in [4.69, 9.17) is 9.88 Å². The molecular weight excluding hydrogens is 518 g/mol. The minimum absolute atomic E-state index is 0.00464. The summed E-state index contributed by atoms with van der Waals surface area (Å²) in [7, 11) is -3.49. The van der Waals surface area contributed by atoms with Crippen LogP contribution in [0.25, 0.3) is 11.1 Å². The first-order valence-corrected chi connectivity index (χ1v) is 15.3. The summed E-state index contributed by atoms with van der Waals surface area (Å²) in [5.41, 5.74) is 6.61. The van der Waals surface area contributed by atoms with Gasteiger partial charge in [0, 0.05) is 0 Å². The molecule has 3 N–H and O–H groups in total. The molecule has 0 fully saturated rings. The number of ether oxygens (including phenoxy) is 1. The number of benzene rings is 2. The molecule has 1 unspecified atom stereocenters. The van der Waals surface area contributed by atoms with Crippen LogP contribution in [0.5, 0.6) is 0 Å². The molecule has 0 radical (unpaired) electrons. The molecule has 0 saturated carbocycles. The maximum Gasteiger partial charge on any atom is 0.259 e. The van der Waals surface area contributed by atoms with Gasteiger partial charge in [0.25, 0.3) is 5.91 Å². The minimum Gasteiger partial charge on any atom is -0.383 e. The second-order valence-corrected chi connectivity index (χ2v) is 14.1. The number of aliphatic hydroxyl groups is 1. The Labute approximate surface area is 229 Å². The number of aromatic nitrogens is 1. The third kappa shape index (κ3) is 6.24. The van der Waals surface area contributed by atoms with Crippen molar-refractivity contribution in [3.63, 3.8) is 0 Å². The second-order valence-electron chi connectivity index (χ2n) is 11.0. The summed E-state index contributed by atoms with van der Waals surface area (Å²) in [4.78, 5) is 17.3. The predicted octanol–water partition coefficient (Wildman–Crippen LogP) is 5.83. The van der Waals surface area contributed by atoms with Gasteiger partial charge in [0.05, 0.1) is 25.8 Å². The first-order valence-electron chi connectivity index (χ1n) is 12.9. The Bertz CT molecular complexity index is 1450. The van der Waals surface area contributed by atoms with Crippen LogP contribution in [0.2, 0.25) is 0 Å². The molecule has 9 heteroatoms. The largest absolute Gasteiger partial charge is 0.383 e. The van der Waals surface area contributed by atoms with Crippen LogP contribution >= 0.6 is 11.3 Å². The number of rotatable bonds is 7. The molecule has 204 valence electrons. The number of hydrogen-bond donors (Lipinski definition) is 2. The van der Waals surface area contributed by atoms with E-state index in [9.17, 15) is 14.1 Å². The molecule has 3 aromatic rings. The summed E-state index contributed by atoms with van der Waals surface area (Å²) in [5, 5.41) is 16.6. The molecular formula is C29H37N3O4S2. The van der Waals surface area contributed by atoms with Gasteiger partial charge in [-0.1, -0.05) is 52.0 Å². The lowest BCUT2D eigenvalue weighted by atomic mass is 9.83. The number of hydrogen-bond acceptors (Lipinski definition) is 6. The molecule has 1 aromatic heterocycles. The van der Waals surface area contributed by atoms with Crippen LogP contribution < -0.4 is 5.14 Å². The zero-order valence-electron chi connectivity index (χ0n) is 22.9. The van der Waals surface area contributed by atoms with Crippen LogP contribution in [0.4, 0.5) is 0 Å². The summed E-state index contributed by atoms with van der Waals surface area (Å²) in [6.07, 6.45) is 2.26. The Morgan fingerprint density at radius 3 is 2.37 bits per heavy atom. The summed E-state index contributed by atoms with van der Waals surface area (Å²) in [5.74, 6) is -0.221. The van der Waals surface area contributed by atoms with E-state index in [1.165, 1.54) is 17.3 Å². The molecule has 38 heavy (non-hydrogen) atoms. The van der Waals surface area contributed by atoms with Gasteiger partial charge >= 0.3 is 0 Å². The number of carbonyl (C=O) groups is 1. The molecule has 0 bridgehead atoms. The van der Waals surface area contributed by atoms with Crippen molar-refractivity contribution in [3.05, 3.63) is 69.4 Å². The van der Waals surface area contributed by atoms with Gasteiger partial charge in [-0.05, 0) is 77.1 Å². The van der Waals surface area contributed by atoms with E-state index in [-0.39, 0.29) is 22.5 Å². The zero-order valence-corrected chi connectivity index (χ0v) is 24.5. The van der Waals surface area contributed by atoms with Gasteiger partial charge in [0.2, 0.25) is 0 Å². The smallest absolute Gasteiger partial charge is 0.259 e. The van der Waals surface area contributed by atoms with Crippen LogP contribution in [0.1, 0.15) is 86.2 Å². The lowest BCUT2D eigenvalue weighted by Crippen LogP contribution is -2.16. The number of carbonyl (C=O) groups excluding carboxylic acids is 1. The second kappa shape index (κ2) is 11.0. The van der Waals surface area contributed by atoms with Crippen molar-refractivity contribution in [3.8, 4) is 11.1 Å². The minimum atomic E-state index is -3.49. The summed E-state index contributed by atoms with van der Waals surface area (Å²) in [6.45, 7) is 13.0. The van der Waals surface area contributed by atoms with Crippen molar-refractivity contribution < 1.29 is 18.8 Å². The fourth-order valence-corrected chi connectivity index (χ4v) is 6.86. The van der Waals surface area contributed by atoms with Crippen molar-refractivity contribution in [2.75, 3.05) is 6.61 Å². The molecule has 0 aliphatic carbocycles. The lowest BCUT2D eigenvalue weighted by molar-refractivity contribution is -0.117. The average Bonchev–Trinajstić information content (AvgIpc) is 3.35. The average molecular weight is 556 g/mol. The van der Waals surface area contributed by atoms with Crippen molar-refractivity contribution in [2.45, 2.75) is 82.6 Å². The maximum absolute atomic E-state index is 13.2. The van der Waals surface area contributed by atoms with Crippen molar-refractivity contribution in [2.24, 2.45) is 9.50 Å². The molecule has 1 aliphatic heterocycles. The third-order valence-corrected chi connectivity index (χ3v) is 9.97. The summed E-state index contributed by atoms with van der Waals surface area (Å²) >= 11 is 1.00. The van der Waals surface area contributed by atoms with Gasteiger partial charge in [-0.25, -0.2) is 14.3 Å². The predicted molar refractivity (Wildman–Crippen MR) is 153 cm³/mol. The van der Waals surface area contributed by atoms with Gasteiger partial charge in [-0.2, -0.15) is 0 Å². The Hall–Kier alpha value is -2.43. The number of thiazole rings is 1. The standard InChI is InChI=1S/C29H37N3O4S2/c1-17(2)23-12-21(20-8-7-19-9-10-36-16-22(19)11-20)13-24(18(3)4)25(23)14-26(33)32-38(30,35)27-15-31-28(37-27)29(5,6)34/h7-8,11-13,15,17-18,34H,9-10,14,16H2,1-6H3,(H2,30,32,33,35).